The Kier molecular flexibility index (Phi) is 3.77. The number of benzene rings is 1. The number of nitro groups is 1. The fourth-order valence-electron chi connectivity index (χ4n) is 2.00. The molecule has 9 heteroatoms. The van der Waals surface area contributed by atoms with Gasteiger partial charge in [0.2, 0.25) is 0 Å². The van der Waals surface area contributed by atoms with Crippen LogP contribution in [-0.2, 0) is 10.0 Å². The van der Waals surface area contributed by atoms with Crippen molar-refractivity contribution < 1.29 is 13.3 Å². The quantitative estimate of drug-likeness (QED) is 0.661. The summed E-state index contributed by atoms with van der Waals surface area (Å²) in [6.45, 7) is 0.386. The molecule has 1 aliphatic heterocycles. The van der Waals surface area contributed by atoms with Crippen LogP contribution in [0.5, 0.6) is 0 Å². The van der Waals surface area contributed by atoms with Crippen molar-refractivity contribution >= 4 is 27.3 Å². The highest BCUT2D eigenvalue weighted by Gasteiger charge is 2.37. The monoisotopic (exact) mass is 305 g/mol. The number of hydrogen-bond donors (Lipinski definition) is 1. The maximum atomic E-state index is 12.4. The largest absolute Gasteiger partial charge is 0.326 e. The smallest absolute Gasteiger partial charge is 0.290 e. The van der Waals surface area contributed by atoms with E-state index in [0.29, 0.717) is 6.42 Å². The average molecular weight is 306 g/mol. The molecule has 19 heavy (non-hydrogen) atoms. The summed E-state index contributed by atoms with van der Waals surface area (Å²) in [7, 11) is -4.00. The Balaban J connectivity index is 2.55. The first-order valence-corrected chi connectivity index (χ1v) is 7.34. The van der Waals surface area contributed by atoms with Gasteiger partial charge in [-0.25, -0.2) is 8.42 Å². The molecule has 104 valence electrons. The maximum Gasteiger partial charge on any atom is 0.290 e. The minimum absolute atomic E-state index is 0.144. The first-order chi connectivity index (χ1) is 8.84. The van der Waals surface area contributed by atoms with Crippen LogP contribution in [0.3, 0.4) is 0 Å². The third-order valence-electron chi connectivity index (χ3n) is 2.93. The molecule has 0 saturated carbocycles. The molecule has 7 nitrogen and oxygen atoms in total. The van der Waals surface area contributed by atoms with E-state index in [2.05, 4.69) is 0 Å². The summed E-state index contributed by atoms with van der Waals surface area (Å²) in [5, 5.41) is 10.8. The van der Waals surface area contributed by atoms with Crippen LogP contribution in [0.4, 0.5) is 5.69 Å². The van der Waals surface area contributed by atoms with Crippen molar-refractivity contribution in [2.45, 2.75) is 17.4 Å². The highest BCUT2D eigenvalue weighted by atomic mass is 35.5. The minimum Gasteiger partial charge on any atom is -0.326 e. The summed E-state index contributed by atoms with van der Waals surface area (Å²) in [6.07, 6.45) is 0.525. The lowest BCUT2D eigenvalue weighted by molar-refractivity contribution is -0.387. The van der Waals surface area contributed by atoms with Gasteiger partial charge in [0.25, 0.3) is 15.7 Å². The molecule has 2 rings (SSSR count). The van der Waals surface area contributed by atoms with Gasteiger partial charge in [-0.1, -0.05) is 17.7 Å². The second-order valence-corrected chi connectivity index (χ2v) is 6.54. The molecule has 0 radical (unpaired) electrons. The van der Waals surface area contributed by atoms with Gasteiger partial charge < -0.3 is 5.73 Å². The van der Waals surface area contributed by atoms with Crippen molar-refractivity contribution in [1.82, 2.24) is 4.31 Å². The van der Waals surface area contributed by atoms with Crippen molar-refractivity contribution in [3.63, 3.8) is 0 Å². The number of hydrogen-bond acceptors (Lipinski definition) is 5. The Morgan fingerprint density at radius 2 is 2.16 bits per heavy atom. The molecule has 0 bridgehead atoms. The van der Waals surface area contributed by atoms with E-state index >= 15 is 0 Å². The molecule has 1 saturated heterocycles. The van der Waals surface area contributed by atoms with Gasteiger partial charge in [-0.2, -0.15) is 4.31 Å². The molecular weight excluding hydrogens is 294 g/mol. The highest BCUT2D eigenvalue weighted by Crippen LogP contribution is 2.34. The predicted octanol–water partition coefficient (Wildman–Crippen LogP) is 0.970. The number of nitro benzene ring substituents is 1. The van der Waals surface area contributed by atoms with Crippen LogP contribution in [-0.4, -0.2) is 36.8 Å². The maximum absolute atomic E-state index is 12.4. The summed E-state index contributed by atoms with van der Waals surface area (Å²) in [6, 6.07) is 3.53. The Hall–Kier alpha value is -1.22. The van der Waals surface area contributed by atoms with E-state index in [-0.39, 0.29) is 24.2 Å². The van der Waals surface area contributed by atoms with Crippen LogP contribution >= 0.6 is 11.6 Å². The molecule has 1 aromatic rings. The molecule has 0 amide bonds. The molecule has 0 aromatic heterocycles. The van der Waals surface area contributed by atoms with Crippen LogP contribution in [0.15, 0.2) is 23.1 Å². The van der Waals surface area contributed by atoms with Gasteiger partial charge in [-0.05, 0) is 12.5 Å². The number of nitrogens with zero attached hydrogens (tertiary/aromatic N) is 2. The van der Waals surface area contributed by atoms with E-state index in [1.165, 1.54) is 12.1 Å². The van der Waals surface area contributed by atoms with Crippen LogP contribution in [0, 0.1) is 10.1 Å². The molecule has 1 heterocycles. The zero-order valence-corrected chi connectivity index (χ0v) is 11.4. The van der Waals surface area contributed by atoms with Gasteiger partial charge in [-0.15, -0.1) is 0 Å². The zero-order chi connectivity index (χ0) is 14.2. The summed E-state index contributed by atoms with van der Waals surface area (Å²) in [5.41, 5.74) is 5.14. The van der Waals surface area contributed by atoms with Crippen molar-refractivity contribution in [2.24, 2.45) is 5.73 Å². The summed E-state index contributed by atoms with van der Waals surface area (Å²) in [4.78, 5) is 9.72. The van der Waals surface area contributed by atoms with Crippen LogP contribution < -0.4 is 5.73 Å². The lowest BCUT2D eigenvalue weighted by Gasteiger charge is -2.16. The van der Waals surface area contributed by atoms with Crippen molar-refractivity contribution in [1.29, 1.82) is 0 Å². The standard InChI is InChI=1S/C10H12ClN3O4S/c11-8-2-1-3-9(14(15)16)10(8)19(17,18)13-5-4-7(12)6-13/h1-3,7H,4-6,12H2/t7-/m1/s1. The highest BCUT2D eigenvalue weighted by molar-refractivity contribution is 7.89. The first-order valence-electron chi connectivity index (χ1n) is 5.52. The molecule has 0 aliphatic carbocycles. The van der Waals surface area contributed by atoms with E-state index in [9.17, 15) is 18.5 Å². The molecular formula is C10H12ClN3O4S. The summed E-state index contributed by atoms with van der Waals surface area (Å²) in [5.74, 6) is 0. The van der Waals surface area contributed by atoms with E-state index in [1.54, 1.807) is 0 Å². The van der Waals surface area contributed by atoms with Gasteiger partial charge in [-0.3, -0.25) is 10.1 Å². The molecule has 1 atom stereocenters. The Morgan fingerprint density at radius 3 is 2.68 bits per heavy atom. The molecule has 1 aromatic carbocycles. The molecule has 2 N–H and O–H groups in total. The van der Waals surface area contributed by atoms with Crippen molar-refractivity contribution in [3.8, 4) is 0 Å². The SMILES string of the molecule is N[C@@H]1CCN(S(=O)(=O)c2c(Cl)cccc2[N+](=O)[O-])C1. The minimum atomic E-state index is -4.00. The van der Waals surface area contributed by atoms with Crippen LogP contribution in [0.25, 0.3) is 0 Å². The fourth-order valence-corrected chi connectivity index (χ4v) is 4.17. The van der Waals surface area contributed by atoms with E-state index in [1.807, 2.05) is 0 Å². The lowest BCUT2D eigenvalue weighted by Crippen LogP contribution is -2.32. The molecule has 1 fully saturated rings. The number of sulfonamides is 1. The second kappa shape index (κ2) is 5.04. The van der Waals surface area contributed by atoms with Crippen LogP contribution in [0.2, 0.25) is 5.02 Å². The Bertz CT molecular complexity index is 619. The second-order valence-electron chi connectivity index (χ2n) is 4.26. The van der Waals surface area contributed by atoms with Gasteiger partial charge >= 0.3 is 0 Å². The number of halogens is 1. The van der Waals surface area contributed by atoms with Gasteiger partial charge in [0.15, 0.2) is 4.90 Å². The third kappa shape index (κ3) is 2.57. The molecule has 0 unspecified atom stereocenters. The van der Waals surface area contributed by atoms with Gasteiger partial charge in [0.05, 0.1) is 9.95 Å². The van der Waals surface area contributed by atoms with E-state index < -0.39 is 25.5 Å². The Morgan fingerprint density at radius 1 is 1.47 bits per heavy atom. The predicted molar refractivity (Wildman–Crippen MR) is 69.5 cm³/mol. The van der Waals surface area contributed by atoms with Gasteiger partial charge in [0, 0.05) is 25.2 Å². The van der Waals surface area contributed by atoms with Gasteiger partial charge in [0.1, 0.15) is 0 Å². The number of rotatable bonds is 3. The third-order valence-corrected chi connectivity index (χ3v) is 5.31. The number of nitrogens with two attached hydrogens (primary N) is 1. The summed E-state index contributed by atoms with van der Waals surface area (Å²) >= 11 is 5.83. The topological polar surface area (TPSA) is 107 Å². The fraction of sp³-hybridized carbons (Fsp3) is 0.400. The van der Waals surface area contributed by atoms with Crippen LogP contribution in [0.1, 0.15) is 6.42 Å². The zero-order valence-electron chi connectivity index (χ0n) is 9.82. The average Bonchev–Trinajstić information content (AvgIpc) is 2.75. The Labute approximate surface area is 115 Å². The summed E-state index contributed by atoms with van der Waals surface area (Å²) < 4.78 is 25.9. The van der Waals surface area contributed by atoms with E-state index in [4.69, 9.17) is 17.3 Å². The molecule has 0 spiro atoms. The van der Waals surface area contributed by atoms with Crippen molar-refractivity contribution in [3.05, 3.63) is 33.3 Å². The normalized spacial score (nSPS) is 20.6. The van der Waals surface area contributed by atoms with Crippen molar-refractivity contribution in [2.75, 3.05) is 13.1 Å². The lowest BCUT2D eigenvalue weighted by atomic mass is 10.3. The van der Waals surface area contributed by atoms with E-state index in [0.717, 1.165) is 10.4 Å². The first kappa shape index (κ1) is 14.2. The molecule has 1 aliphatic rings.